The number of anilines is 3. The van der Waals surface area contributed by atoms with Crippen LogP contribution in [0.3, 0.4) is 0 Å². The Morgan fingerprint density at radius 1 is 1.27 bits per heavy atom. The Bertz CT molecular complexity index is 1280. The fourth-order valence-electron chi connectivity index (χ4n) is 3.69. The Kier molecular flexibility index (Phi) is 4.28. The monoisotopic (exact) mass is 406 g/mol. The highest BCUT2D eigenvalue weighted by molar-refractivity contribution is 5.95. The first-order valence-corrected chi connectivity index (χ1v) is 9.70. The number of aryl methyl sites for hydroxylation is 1. The molecule has 154 valence electrons. The molecule has 0 saturated heterocycles. The van der Waals surface area contributed by atoms with Gasteiger partial charge in [0.05, 0.1) is 42.5 Å². The number of hydrogen-bond donors (Lipinski definition) is 3. The normalized spacial score (nSPS) is 17.0. The molecule has 1 atom stereocenters. The fraction of sp³-hybridized carbons (Fsp3) is 0.300. The summed E-state index contributed by atoms with van der Waals surface area (Å²) in [7, 11) is 3.72. The highest BCUT2D eigenvalue weighted by atomic mass is 16.5. The largest absolute Gasteiger partial charge is 0.385 e. The second-order valence-corrected chi connectivity index (χ2v) is 7.43. The van der Waals surface area contributed by atoms with Crippen LogP contribution in [0.15, 0.2) is 30.6 Å². The van der Waals surface area contributed by atoms with E-state index in [2.05, 4.69) is 37.2 Å². The molecule has 10 heteroatoms. The fourth-order valence-corrected chi connectivity index (χ4v) is 3.69. The zero-order valence-corrected chi connectivity index (χ0v) is 16.9. The van der Waals surface area contributed by atoms with Gasteiger partial charge in [0.2, 0.25) is 0 Å². The van der Waals surface area contributed by atoms with Crippen LogP contribution in [0.25, 0.3) is 16.6 Å². The van der Waals surface area contributed by atoms with E-state index in [0.29, 0.717) is 30.4 Å². The Labute approximate surface area is 172 Å². The van der Waals surface area contributed by atoms with Gasteiger partial charge in [-0.05, 0) is 24.6 Å². The van der Waals surface area contributed by atoms with Gasteiger partial charge in [0, 0.05) is 31.6 Å². The van der Waals surface area contributed by atoms with E-state index in [1.54, 1.807) is 4.52 Å². The van der Waals surface area contributed by atoms with Crippen LogP contribution < -0.4 is 16.0 Å². The zero-order valence-electron chi connectivity index (χ0n) is 16.9. The van der Waals surface area contributed by atoms with E-state index in [1.165, 1.54) is 6.20 Å². The van der Waals surface area contributed by atoms with Crippen molar-refractivity contribution in [3.63, 3.8) is 0 Å². The third-order valence-electron chi connectivity index (χ3n) is 5.17. The number of nitrogens with one attached hydrogen (secondary N) is 3. The van der Waals surface area contributed by atoms with Gasteiger partial charge in [-0.15, -0.1) is 5.10 Å². The van der Waals surface area contributed by atoms with Crippen molar-refractivity contribution in [3.05, 3.63) is 41.9 Å². The van der Waals surface area contributed by atoms with E-state index in [1.807, 2.05) is 44.0 Å². The highest BCUT2D eigenvalue weighted by Crippen LogP contribution is 2.29. The topological polar surface area (TPSA) is 110 Å². The minimum absolute atomic E-state index is 0.170. The molecule has 4 bridgehead atoms. The van der Waals surface area contributed by atoms with Crippen LogP contribution in [0.5, 0.6) is 0 Å². The lowest BCUT2D eigenvalue weighted by Crippen LogP contribution is -2.36. The van der Waals surface area contributed by atoms with Gasteiger partial charge in [0.15, 0.2) is 17.2 Å². The molecule has 0 unspecified atom stereocenters. The number of benzene rings is 1. The molecule has 1 aliphatic heterocycles. The second-order valence-electron chi connectivity index (χ2n) is 7.43. The molecule has 1 amide bonds. The number of imidazole rings is 1. The average Bonchev–Trinajstić information content (AvgIpc) is 3.31. The van der Waals surface area contributed by atoms with Gasteiger partial charge in [0.1, 0.15) is 0 Å². The minimum Gasteiger partial charge on any atom is -0.385 e. The van der Waals surface area contributed by atoms with Crippen LogP contribution in [0, 0.1) is 0 Å². The number of nitrogens with zero attached hydrogens (tertiary/aromatic N) is 5. The Morgan fingerprint density at radius 3 is 2.97 bits per heavy atom. The maximum absolute atomic E-state index is 12.8. The maximum Gasteiger partial charge on any atom is 0.271 e. The summed E-state index contributed by atoms with van der Waals surface area (Å²) in [6.07, 6.45) is 3.35. The van der Waals surface area contributed by atoms with E-state index in [4.69, 9.17) is 4.74 Å². The summed E-state index contributed by atoms with van der Waals surface area (Å²) in [5.74, 6) is 0.322. The minimum atomic E-state index is -0.254. The smallest absolute Gasteiger partial charge is 0.271 e. The molecule has 5 rings (SSSR count). The van der Waals surface area contributed by atoms with Gasteiger partial charge in [-0.3, -0.25) is 9.48 Å². The Morgan fingerprint density at radius 2 is 2.13 bits per heavy atom. The zero-order chi connectivity index (χ0) is 20.8. The summed E-state index contributed by atoms with van der Waals surface area (Å²) in [5, 5.41) is 19.5. The molecule has 3 aromatic heterocycles. The van der Waals surface area contributed by atoms with Crippen molar-refractivity contribution in [1.29, 1.82) is 0 Å². The maximum atomic E-state index is 12.8. The summed E-state index contributed by atoms with van der Waals surface area (Å²) >= 11 is 0. The summed E-state index contributed by atoms with van der Waals surface area (Å²) in [4.78, 5) is 17.2. The molecule has 30 heavy (non-hydrogen) atoms. The Balaban J connectivity index is 1.72. The van der Waals surface area contributed by atoms with E-state index in [0.717, 1.165) is 27.8 Å². The van der Waals surface area contributed by atoms with Crippen molar-refractivity contribution >= 4 is 39.6 Å². The van der Waals surface area contributed by atoms with Crippen LogP contribution in [-0.2, 0) is 18.4 Å². The number of carbonyl (C=O) groups excluding carboxylic acids is 1. The molecule has 4 heterocycles. The highest BCUT2D eigenvalue weighted by Gasteiger charge is 2.19. The van der Waals surface area contributed by atoms with E-state index < -0.39 is 0 Å². The van der Waals surface area contributed by atoms with Gasteiger partial charge >= 0.3 is 0 Å². The van der Waals surface area contributed by atoms with Crippen LogP contribution in [0.1, 0.15) is 23.0 Å². The number of fused-ring (bicyclic) bond motifs is 5. The predicted octanol–water partition coefficient (Wildman–Crippen LogP) is 2.05. The van der Waals surface area contributed by atoms with Crippen molar-refractivity contribution in [2.45, 2.75) is 19.6 Å². The standard InChI is InChI=1S/C20H22N8O2/c1-11-9-30-10-12-4-14(13-7-23-27(3)16(13)5-12)25-18-6-15(21-2)19-22-8-17(20(29)24-11)28(19)26-18/h4-8,11,21H,9-10H2,1-3H3,(H,24,29)(H,25,26)/t11-/m1/s1. The lowest BCUT2D eigenvalue weighted by Gasteiger charge is -2.17. The second kappa shape index (κ2) is 6.99. The number of aromatic nitrogens is 5. The predicted molar refractivity (Wildman–Crippen MR) is 113 cm³/mol. The van der Waals surface area contributed by atoms with Crippen molar-refractivity contribution in [2.75, 3.05) is 24.3 Å². The Hall–Kier alpha value is -3.66. The van der Waals surface area contributed by atoms with Crippen LogP contribution >= 0.6 is 0 Å². The lowest BCUT2D eigenvalue weighted by atomic mass is 10.1. The molecule has 1 aliphatic rings. The molecule has 0 fully saturated rings. The molecule has 0 spiro atoms. The van der Waals surface area contributed by atoms with Crippen molar-refractivity contribution in [2.24, 2.45) is 7.05 Å². The van der Waals surface area contributed by atoms with Crippen LogP contribution in [-0.4, -0.2) is 50.0 Å². The van der Waals surface area contributed by atoms with Gasteiger partial charge in [-0.25, -0.2) is 9.50 Å². The average molecular weight is 406 g/mol. The van der Waals surface area contributed by atoms with Crippen LogP contribution in [0.2, 0.25) is 0 Å². The SMILES string of the molecule is CNc1cc2nn3c(cnc13)C(=O)N[C@H](C)COCc1cc(c3cnn(C)c3c1)N2. The quantitative estimate of drug-likeness (QED) is 0.444. The van der Waals surface area contributed by atoms with Crippen molar-refractivity contribution in [1.82, 2.24) is 29.7 Å². The molecule has 3 N–H and O–H groups in total. The van der Waals surface area contributed by atoms with Gasteiger partial charge < -0.3 is 20.7 Å². The first-order valence-electron chi connectivity index (χ1n) is 9.70. The number of rotatable bonds is 1. The van der Waals surface area contributed by atoms with Gasteiger partial charge in [-0.1, -0.05) is 0 Å². The first kappa shape index (κ1) is 18.4. The van der Waals surface area contributed by atoms with Crippen molar-refractivity contribution in [3.8, 4) is 0 Å². The van der Waals surface area contributed by atoms with E-state index in [-0.39, 0.29) is 11.9 Å². The number of hydrogen-bond acceptors (Lipinski definition) is 7. The molecule has 0 radical (unpaired) electrons. The third-order valence-corrected chi connectivity index (χ3v) is 5.17. The number of amides is 1. The van der Waals surface area contributed by atoms with E-state index >= 15 is 0 Å². The van der Waals surface area contributed by atoms with Crippen molar-refractivity contribution < 1.29 is 9.53 Å². The number of carbonyl (C=O) groups is 1. The molecule has 10 nitrogen and oxygen atoms in total. The molecule has 4 aromatic rings. The summed E-state index contributed by atoms with van der Waals surface area (Å²) in [5.41, 5.74) is 4.55. The molecular weight excluding hydrogens is 384 g/mol. The summed E-state index contributed by atoms with van der Waals surface area (Å²) in [6, 6.07) is 5.80. The molecule has 0 saturated carbocycles. The lowest BCUT2D eigenvalue weighted by molar-refractivity contribution is 0.0815. The summed E-state index contributed by atoms with van der Waals surface area (Å²) < 4.78 is 9.25. The van der Waals surface area contributed by atoms with Gasteiger partial charge in [0.25, 0.3) is 5.91 Å². The summed E-state index contributed by atoms with van der Waals surface area (Å²) in [6.45, 7) is 2.71. The van der Waals surface area contributed by atoms with Gasteiger partial charge in [-0.2, -0.15) is 5.10 Å². The molecule has 1 aromatic carbocycles. The van der Waals surface area contributed by atoms with Crippen LogP contribution in [0.4, 0.5) is 17.2 Å². The van der Waals surface area contributed by atoms with E-state index in [9.17, 15) is 4.79 Å². The number of ether oxygens (including phenoxy) is 1. The molecular formula is C20H22N8O2. The molecule has 0 aliphatic carbocycles. The first-order chi connectivity index (χ1) is 14.5. The third kappa shape index (κ3) is 3.01.